The van der Waals surface area contributed by atoms with Crippen molar-refractivity contribution in [3.63, 3.8) is 0 Å². The zero-order chi connectivity index (χ0) is 50.6. The van der Waals surface area contributed by atoms with Gasteiger partial charge in [0.25, 0.3) is 0 Å². The van der Waals surface area contributed by atoms with Crippen LogP contribution in [0.15, 0.2) is 110 Å². The molecule has 0 bridgehead atoms. The molecule has 6 aromatic rings. The zero-order valence-electron chi connectivity index (χ0n) is 39.2. The summed E-state index contributed by atoms with van der Waals surface area (Å²) >= 11 is 13.7. The second-order valence-corrected chi connectivity index (χ2v) is 18.1. The summed E-state index contributed by atoms with van der Waals surface area (Å²) in [6.45, 7) is 10.4. The smallest absolute Gasteiger partial charge is 0.311 e. The largest absolute Gasteiger partial charge is 0.511 e. The maximum atomic E-state index is 12.0. The van der Waals surface area contributed by atoms with Crippen LogP contribution >= 0.6 is 23.2 Å². The first-order valence-electron chi connectivity index (χ1n) is 22.1. The summed E-state index contributed by atoms with van der Waals surface area (Å²) in [6, 6.07) is 26.2. The molecular formula is C54H53Cl2N5O9. The first-order valence-corrected chi connectivity index (χ1v) is 22.9. The molecule has 6 rings (SSSR count). The van der Waals surface area contributed by atoms with E-state index in [0.717, 1.165) is 33.4 Å². The van der Waals surface area contributed by atoms with Gasteiger partial charge >= 0.3 is 5.97 Å². The third kappa shape index (κ3) is 12.7. The van der Waals surface area contributed by atoms with Crippen molar-refractivity contribution < 1.29 is 44.2 Å². The van der Waals surface area contributed by atoms with Gasteiger partial charge in [-0.2, -0.15) is 10.5 Å². The average molecular weight is 987 g/mol. The van der Waals surface area contributed by atoms with Crippen molar-refractivity contribution in [1.29, 1.82) is 10.5 Å². The number of ether oxygens (including phenoxy) is 4. The molecular weight excluding hydrogens is 934 g/mol. The monoisotopic (exact) mass is 985 g/mol. The van der Waals surface area contributed by atoms with Crippen molar-refractivity contribution in [1.82, 2.24) is 15.3 Å². The van der Waals surface area contributed by atoms with Crippen molar-refractivity contribution in [2.45, 2.75) is 79.0 Å². The molecule has 0 aliphatic rings. The number of carbonyl (C=O) groups is 1. The van der Waals surface area contributed by atoms with Crippen LogP contribution in [-0.2, 0) is 44.2 Å². The average Bonchev–Trinajstić information content (AvgIpc) is 3.36. The van der Waals surface area contributed by atoms with Gasteiger partial charge in [0, 0.05) is 60.2 Å². The van der Waals surface area contributed by atoms with Crippen LogP contribution < -0.4 is 24.3 Å². The molecule has 0 amide bonds. The standard InChI is InChI=1S/C54H53Cl2N5O9/c1-33-41(29-69-50-18-48(67-27-38-14-36(20-57)22-59-24-38)40(16-46(50)55)12-13-53(4,31-62)52(65)66)8-6-10-44(33)45-11-7-9-42(34(45)2)30-70-51-19-49(68-28-39-15-37(21-58)23-60-25-39)43(17-47(51)56)26-61-54(5,32-63)35(3)64/h6-11,14-19,22-25,61-64H,3,12-13,26-32H2,1-2,4-5H3,(H,65,66)/t53-,54-/m1/s1. The molecule has 70 heavy (non-hydrogen) atoms. The number of hydrogen-bond donors (Lipinski definition) is 5. The topological polar surface area (TPSA) is 220 Å². The molecule has 2 heterocycles. The minimum absolute atomic E-state index is 0.0667. The Kier molecular flexibility index (Phi) is 17.5. The van der Waals surface area contributed by atoms with E-state index >= 15 is 0 Å². The molecule has 2 atom stereocenters. The van der Waals surface area contributed by atoms with Crippen molar-refractivity contribution >= 4 is 29.2 Å². The van der Waals surface area contributed by atoms with Gasteiger partial charge in [0.05, 0.1) is 45.3 Å². The van der Waals surface area contributed by atoms with Crippen LogP contribution in [0.1, 0.15) is 75.9 Å². The number of carboxylic acid groups (broad SMARTS) is 1. The second kappa shape index (κ2) is 23.4. The molecule has 2 aromatic heterocycles. The fourth-order valence-corrected chi connectivity index (χ4v) is 7.81. The van der Waals surface area contributed by atoms with Crippen molar-refractivity contribution in [3.8, 4) is 46.3 Å². The van der Waals surface area contributed by atoms with Crippen LogP contribution in [-0.4, -0.2) is 55.1 Å². The molecule has 0 fully saturated rings. The highest BCUT2D eigenvalue weighted by molar-refractivity contribution is 6.32. The number of aliphatic hydroxyl groups excluding tert-OH is 3. The Balaban J connectivity index is 1.22. The maximum absolute atomic E-state index is 12.0. The number of nitrogens with zero attached hydrogens (tertiary/aromatic N) is 4. The van der Waals surface area contributed by atoms with Gasteiger partial charge in [0.1, 0.15) is 67.3 Å². The molecule has 0 aliphatic heterocycles. The summed E-state index contributed by atoms with van der Waals surface area (Å²) in [5.74, 6) is 0.162. The Bertz CT molecular complexity index is 2770. The predicted molar refractivity (Wildman–Crippen MR) is 265 cm³/mol. The number of aliphatic hydroxyl groups is 3. The van der Waals surface area contributed by atoms with E-state index in [1.165, 1.54) is 19.3 Å². The van der Waals surface area contributed by atoms with E-state index in [0.29, 0.717) is 66.4 Å². The van der Waals surface area contributed by atoms with Gasteiger partial charge in [-0.1, -0.05) is 66.2 Å². The fourth-order valence-electron chi connectivity index (χ4n) is 7.33. The van der Waals surface area contributed by atoms with E-state index < -0.39 is 30.1 Å². The maximum Gasteiger partial charge on any atom is 0.311 e. The van der Waals surface area contributed by atoms with E-state index in [2.05, 4.69) is 34.0 Å². The van der Waals surface area contributed by atoms with E-state index in [9.17, 15) is 35.7 Å². The number of hydrogen-bond acceptors (Lipinski definition) is 13. The normalized spacial score (nSPS) is 12.7. The van der Waals surface area contributed by atoms with Gasteiger partial charge < -0.3 is 39.4 Å². The van der Waals surface area contributed by atoms with Crippen molar-refractivity contribution in [2.24, 2.45) is 5.41 Å². The highest BCUT2D eigenvalue weighted by Gasteiger charge is 2.33. The molecule has 0 unspecified atom stereocenters. The Morgan fingerprint density at radius 2 is 1.14 bits per heavy atom. The summed E-state index contributed by atoms with van der Waals surface area (Å²) in [7, 11) is 0. The first-order chi connectivity index (χ1) is 33.5. The van der Waals surface area contributed by atoms with Crippen LogP contribution in [0.5, 0.6) is 23.0 Å². The number of nitriles is 2. The van der Waals surface area contributed by atoms with Crippen LogP contribution in [0.2, 0.25) is 10.0 Å². The Morgan fingerprint density at radius 1 is 0.671 bits per heavy atom. The summed E-state index contributed by atoms with van der Waals surface area (Å²) < 4.78 is 25.2. The lowest BCUT2D eigenvalue weighted by molar-refractivity contribution is -0.150. The molecule has 0 spiro atoms. The third-order valence-electron chi connectivity index (χ3n) is 12.2. The highest BCUT2D eigenvalue weighted by Crippen LogP contribution is 2.39. The van der Waals surface area contributed by atoms with Gasteiger partial charge in [-0.25, -0.2) is 0 Å². The lowest BCUT2D eigenvalue weighted by Gasteiger charge is -2.28. The first kappa shape index (κ1) is 52.2. The molecule has 362 valence electrons. The lowest BCUT2D eigenvalue weighted by Crippen LogP contribution is -2.46. The number of aliphatic carboxylic acids is 1. The molecule has 0 saturated heterocycles. The van der Waals surface area contributed by atoms with Gasteiger partial charge in [-0.15, -0.1) is 0 Å². The Hall–Kier alpha value is -7.17. The van der Waals surface area contributed by atoms with E-state index in [1.807, 2.05) is 50.2 Å². The SMILES string of the molecule is C=C(O)[C@@](C)(CO)NCc1cc(Cl)c(OCc2cccc(-c3cccc(COc4cc(OCc5cncc(C#N)c5)c(CC[C@](C)(CO)C(=O)O)cc4Cl)c3C)c2C)cc1OCc1cncc(C#N)c1. The molecule has 4 aromatic carbocycles. The predicted octanol–water partition coefficient (Wildman–Crippen LogP) is 10.1. The van der Waals surface area contributed by atoms with Gasteiger partial charge in [0.2, 0.25) is 0 Å². The number of carboxylic acids is 1. The van der Waals surface area contributed by atoms with Crippen LogP contribution in [0.3, 0.4) is 0 Å². The number of rotatable bonds is 23. The van der Waals surface area contributed by atoms with Gasteiger partial charge in [-0.05, 0) is 104 Å². The Morgan fingerprint density at radius 3 is 1.59 bits per heavy atom. The minimum atomic E-state index is -1.38. The number of aryl methyl sites for hydroxylation is 1. The van der Waals surface area contributed by atoms with Crippen LogP contribution in [0.25, 0.3) is 11.1 Å². The van der Waals surface area contributed by atoms with E-state index in [-0.39, 0.29) is 51.6 Å². The summed E-state index contributed by atoms with van der Waals surface area (Å²) in [5.41, 5.74) is 6.46. The van der Waals surface area contributed by atoms with Gasteiger partial charge in [0.15, 0.2) is 0 Å². The number of halogens is 2. The van der Waals surface area contributed by atoms with E-state index in [1.54, 1.807) is 55.7 Å². The summed E-state index contributed by atoms with van der Waals surface area (Å²) in [5, 5.41) is 62.3. The molecule has 16 heteroatoms. The summed E-state index contributed by atoms with van der Waals surface area (Å²) in [4.78, 5) is 20.2. The molecule has 0 aliphatic carbocycles. The summed E-state index contributed by atoms with van der Waals surface area (Å²) in [6.07, 6.45) is 6.46. The minimum Gasteiger partial charge on any atom is -0.511 e. The van der Waals surface area contributed by atoms with Crippen molar-refractivity contribution in [3.05, 3.63) is 176 Å². The number of aromatic nitrogens is 2. The number of pyridine rings is 2. The molecule has 0 saturated carbocycles. The highest BCUT2D eigenvalue weighted by atomic mass is 35.5. The van der Waals surface area contributed by atoms with Crippen molar-refractivity contribution in [2.75, 3.05) is 13.2 Å². The van der Waals surface area contributed by atoms with Crippen LogP contribution in [0, 0.1) is 41.9 Å². The quantitative estimate of drug-likeness (QED) is 0.0377. The van der Waals surface area contributed by atoms with E-state index in [4.69, 9.17) is 42.1 Å². The lowest BCUT2D eigenvalue weighted by atomic mass is 9.85. The van der Waals surface area contributed by atoms with Gasteiger partial charge in [-0.3, -0.25) is 20.1 Å². The second-order valence-electron chi connectivity index (χ2n) is 17.3. The molecule has 0 radical (unpaired) electrons. The third-order valence-corrected chi connectivity index (χ3v) is 12.8. The number of benzene rings is 4. The number of nitrogens with one attached hydrogen (secondary N) is 1. The Labute approximate surface area is 416 Å². The fraction of sp³-hybridized carbons (Fsp3) is 0.278. The molecule has 14 nitrogen and oxygen atoms in total. The van der Waals surface area contributed by atoms with Crippen LogP contribution in [0.4, 0.5) is 0 Å². The molecule has 5 N–H and O–H groups in total. The zero-order valence-corrected chi connectivity index (χ0v) is 40.7.